The highest BCUT2D eigenvalue weighted by Crippen LogP contribution is 2.29. The largest absolute Gasteiger partial charge is 0.490 e. The van der Waals surface area contributed by atoms with Crippen molar-refractivity contribution in [2.45, 2.75) is 6.92 Å². The zero-order valence-electron chi connectivity index (χ0n) is 12.2. The van der Waals surface area contributed by atoms with Crippen molar-refractivity contribution in [2.24, 2.45) is 0 Å². The van der Waals surface area contributed by atoms with Gasteiger partial charge >= 0.3 is 5.69 Å². The molecule has 2 aromatic rings. The van der Waals surface area contributed by atoms with Crippen LogP contribution in [0.1, 0.15) is 16.7 Å². The molecule has 5 nitrogen and oxygen atoms in total. The lowest BCUT2D eigenvalue weighted by Crippen LogP contribution is -1.94. The Morgan fingerprint density at radius 2 is 1.95 bits per heavy atom. The van der Waals surface area contributed by atoms with Gasteiger partial charge < -0.3 is 4.74 Å². The highest BCUT2D eigenvalue weighted by Gasteiger charge is 2.14. The van der Waals surface area contributed by atoms with E-state index in [4.69, 9.17) is 4.74 Å². The standard InChI is InChI=1S/C17H14N2O3/c1-12-3-6-14(7-4-12)15(11-18)9-13-5-8-17(22-2)16(10-13)19(20)21/h3-10H,1-2H3/b15-9-. The van der Waals surface area contributed by atoms with Gasteiger partial charge in [0.1, 0.15) is 0 Å². The van der Waals surface area contributed by atoms with Gasteiger partial charge in [-0.15, -0.1) is 0 Å². The van der Waals surface area contributed by atoms with Gasteiger partial charge in [0.05, 0.1) is 23.7 Å². The second kappa shape index (κ2) is 6.55. The maximum atomic E-state index is 11.0. The molecule has 0 unspecified atom stereocenters. The monoisotopic (exact) mass is 294 g/mol. The number of nitro groups is 1. The van der Waals surface area contributed by atoms with Crippen LogP contribution in [0.5, 0.6) is 5.75 Å². The first-order valence-electron chi connectivity index (χ1n) is 6.56. The molecule has 0 amide bonds. The zero-order valence-corrected chi connectivity index (χ0v) is 12.2. The molecule has 0 heterocycles. The number of methoxy groups -OCH3 is 1. The summed E-state index contributed by atoms with van der Waals surface area (Å²) in [7, 11) is 1.38. The van der Waals surface area contributed by atoms with Crippen molar-refractivity contribution in [3.05, 3.63) is 69.3 Å². The molecule has 0 aromatic heterocycles. The number of nitro benzene ring substituents is 1. The summed E-state index contributed by atoms with van der Waals surface area (Å²) in [5, 5.41) is 20.3. The SMILES string of the molecule is COc1ccc(/C=C(/C#N)c2ccc(C)cc2)cc1[N+](=O)[O-]. The molecule has 5 heteroatoms. The van der Waals surface area contributed by atoms with Crippen molar-refractivity contribution in [1.29, 1.82) is 5.26 Å². The van der Waals surface area contributed by atoms with Crippen molar-refractivity contribution in [2.75, 3.05) is 7.11 Å². The summed E-state index contributed by atoms with van der Waals surface area (Å²) in [6.07, 6.45) is 1.62. The molecule has 2 aromatic carbocycles. The first-order chi connectivity index (χ1) is 10.5. The Kier molecular flexibility index (Phi) is 4.54. The van der Waals surface area contributed by atoms with E-state index in [0.717, 1.165) is 11.1 Å². The lowest BCUT2D eigenvalue weighted by Gasteiger charge is -2.04. The zero-order chi connectivity index (χ0) is 16.1. The summed E-state index contributed by atoms with van der Waals surface area (Å²) in [4.78, 5) is 10.5. The fourth-order valence-corrected chi connectivity index (χ4v) is 2.02. The van der Waals surface area contributed by atoms with Crippen LogP contribution in [0.2, 0.25) is 0 Å². The maximum Gasteiger partial charge on any atom is 0.311 e. The van der Waals surface area contributed by atoms with E-state index in [1.165, 1.54) is 19.2 Å². The summed E-state index contributed by atoms with van der Waals surface area (Å²) in [5.74, 6) is 0.191. The Labute approximate surface area is 128 Å². The van der Waals surface area contributed by atoms with Crippen molar-refractivity contribution in [3.8, 4) is 11.8 Å². The summed E-state index contributed by atoms with van der Waals surface area (Å²) < 4.78 is 4.96. The Hall–Kier alpha value is -3.13. The van der Waals surface area contributed by atoms with E-state index in [1.54, 1.807) is 12.1 Å². The summed E-state index contributed by atoms with van der Waals surface area (Å²) >= 11 is 0. The first kappa shape index (κ1) is 15.3. The van der Waals surface area contributed by atoms with Crippen molar-refractivity contribution in [1.82, 2.24) is 0 Å². The van der Waals surface area contributed by atoms with Crippen molar-refractivity contribution < 1.29 is 9.66 Å². The van der Waals surface area contributed by atoms with Crippen LogP contribution in [-0.4, -0.2) is 12.0 Å². The third kappa shape index (κ3) is 3.30. The predicted molar refractivity (Wildman–Crippen MR) is 84.3 cm³/mol. The average molecular weight is 294 g/mol. The number of hydrogen-bond acceptors (Lipinski definition) is 4. The second-order valence-corrected chi connectivity index (χ2v) is 4.72. The number of nitriles is 1. The van der Waals surface area contributed by atoms with Crippen LogP contribution >= 0.6 is 0 Å². The molecule has 22 heavy (non-hydrogen) atoms. The summed E-state index contributed by atoms with van der Waals surface area (Å²) in [6, 6.07) is 14.2. The normalized spacial score (nSPS) is 10.9. The van der Waals surface area contributed by atoms with Crippen LogP contribution in [0.25, 0.3) is 11.6 Å². The molecule has 2 rings (SSSR count). The van der Waals surface area contributed by atoms with Gasteiger partial charge in [-0.25, -0.2) is 0 Å². The van der Waals surface area contributed by atoms with Crippen LogP contribution in [0.4, 0.5) is 5.69 Å². The molecule has 0 saturated carbocycles. The molecule has 0 aliphatic rings. The number of aryl methyl sites for hydroxylation is 1. The van der Waals surface area contributed by atoms with Crippen LogP contribution in [0.3, 0.4) is 0 Å². The van der Waals surface area contributed by atoms with Crippen LogP contribution in [0.15, 0.2) is 42.5 Å². The van der Waals surface area contributed by atoms with Crippen molar-refractivity contribution >= 4 is 17.3 Å². The number of allylic oxidation sites excluding steroid dienone is 1. The summed E-state index contributed by atoms with van der Waals surface area (Å²) in [6.45, 7) is 1.96. The maximum absolute atomic E-state index is 11.0. The molecule has 0 spiro atoms. The van der Waals surface area contributed by atoms with E-state index in [-0.39, 0.29) is 11.4 Å². The van der Waals surface area contributed by atoms with Crippen molar-refractivity contribution in [3.63, 3.8) is 0 Å². The Bertz CT molecular complexity index is 771. The topological polar surface area (TPSA) is 76.2 Å². The molecule has 0 radical (unpaired) electrons. The summed E-state index contributed by atoms with van der Waals surface area (Å²) in [5.41, 5.74) is 2.76. The number of hydrogen-bond donors (Lipinski definition) is 0. The van der Waals surface area contributed by atoms with Gasteiger partial charge in [0, 0.05) is 6.07 Å². The molecule has 0 bridgehead atoms. The van der Waals surface area contributed by atoms with Gasteiger partial charge in [-0.05, 0) is 30.2 Å². The minimum atomic E-state index is -0.506. The third-order valence-corrected chi connectivity index (χ3v) is 3.19. The second-order valence-electron chi connectivity index (χ2n) is 4.72. The highest BCUT2D eigenvalue weighted by atomic mass is 16.6. The predicted octanol–water partition coefficient (Wildman–Crippen LogP) is 3.98. The van der Waals surface area contributed by atoms with E-state index in [1.807, 2.05) is 31.2 Å². The Balaban J connectivity index is 2.46. The fourth-order valence-electron chi connectivity index (χ4n) is 2.02. The lowest BCUT2D eigenvalue weighted by atomic mass is 10.0. The number of benzene rings is 2. The van der Waals surface area contributed by atoms with Gasteiger partial charge in [-0.1, -0.05) is 35.9 Å². The van der Waals surface area contributed by atoms with E-state index < -0.39 is 4.92 Å². The van der Waals surface area contributed by atoms with E-state index in [2.05, 4.69) is 6.07 Å². The van der Waals surface area contributed by atoms with Gasteiger partial charge in [0.25, 0.3) is 0 Å². The van der Waals surface area contributed by atoms with Crippen LogP contribution in [-0.2, 0) is 0 Å². The van der Waals surface area contributed by atoms with Gasteiger partial charge in [0.15, 0.2) is 5.75 Å². The average Bonchev–Trinajstić information content (AvgIpc) is 2.53. The Morgan fingerprint density at radius 1 is 1.27 bits per heavy atom. The third-order valence-electron chi connectivity index (χ3n) is 3.19. The van der Waals surface area contributed by atoms with Gasteiger partial charge in [-0.2, -0.15) is 5.26 Å². The van der Waals surface area contributed by atoms with Gasteiger partial charge in [0.2, 0.25) is 0 Å². The fraction of sp³-hybridized carbons (Fsp3) is 0.118. The smallest absolute Gasteiger partial charge is 0.311 e. The number of nitrogens with zero attached hydrogens (tertiary/aromatic N) is 2. The minimum Gasteiger partial charge on any atom is -0.490 e. The first-order valence-corrected chi connectivity index (χ1v) is 6.56. The van der Waals surface area contributed by atoms with E-state index >= 15 is 0 Å². The molecule has 0 saturated heterocycles. The molecule has 0 atom stereocenters. The minimum absolute atomic E-state index is 0.127. The molecule has 0 aliphatic heterocycles. The van der Waals surface area contributed by atoms with Gasteiger partial charge in [-0.3, -0.25) is 10.1 Å². The molecular weight excluding hydrogens is 280 g/mol. The quantitative estimate of drug-likeness (QED) is 0.370. The Morgan fingerprint density at radius 3 is 2.50 bits per heavy atom. The number of rotatable bonds is 4. The molecule has 0 N–H and O–H groups in total. The van der Waals surface area contributed by atoms with E-state index in [9.17, 15) is 15.4 Å². The van der Waals surface area contributed by atoms with E-state index in [0.29, 0.717) is 11.1 Å². The molecular formula is C17H14N2O3. The van der Waals surface area contributed by atoms with Crippen LogP contribution < -0.4 is 4.74 Å². The van der Waals surface area contributed by atoms with Crippen LogP contribution in [0, 0.1) is 28.4 Å². The lowest BCUT2D eigenvalue weighted by molar-refractivity contribution is -0.385. The molecule has 0 fully saturated rings. The molecule has 0 aliphatic carbocycles. The highest BCUT2D eigenvalue weighted by molar-refractivity contribution is 5.90. The molecule has 110 valence electrons. The number of ether oxygens (including phenoxy) is 1.